The Kier molecular flexibility index (Phi) is 25.3. The second-order valence-corrected chi connectivity index (χ2v) is 29.7. The summed E-state index contributed by atoms with van der Waals surface area (Å²) in [6.45, 7) is 14.5. The van der Waals surface area contributed by atoms with E-state index >= 15 is 0 Å². The van der Waals surface area contributed by atoms with E-state index in [2.05, 4.69) is 68.2 Å². The second kappa shape index (κ2) is 31.7. The third-order valence-electron chi connectivity index (χ3n) is 18.1. The van der Waals surface area contributed by atoms with Crippen molar-refractivity contribution in [1.82, 2.24) is 30.2 Å². The molecule has 3 N–H and O–H groups in total. The molecule has 0 atom stereocenters. The van der Waals surface area contributed by atoms with Gasteiger partial charge in [0.25, 0.3) is 23.7 Å². The molecule has 95 heavy (non-hydrogen) atoms. The first kappa shape index (κ1) is 75.8. The maximum absolute atomic E-state index is 13.7. The predicted molar refractivity (Wildman–Crippen MR) is 342 cm³/mol. The minimum atomic E-state index is -3.52. The van der Waals surface area contributed by atoms with Crippen molar-refractivity contribution in [2.45, 2.75) is 144 Å². The van der Waals surface area contributed by atoms with Crippen molar-refractivity contribution in [3.8, 4) is 0 Å². The Bertz CT molecular complexity index is 3630. The first-order valence-electron chi connectivity index (χ1n) is 31.1. The van der Waals surface area contributed by atoms with Gasteiger partial charge in [-0.05, 0) is 119 Å². The molecule has 511 valence electrons. The van der Waals surface area contributed by atoms with Crippen LogP contribution < -0.4 is 65.1 Å². The van der Waals surface area contributed by atoms with Gasteiger partial charge in [-0.2, -0.15) is 9.97 Å². The second-order valence-electron chi connectivity index (χ2n) is 25.3. The van der Waals surface area contributed by atoms with Crippen molar-refractivity contribution >= 4 is 99.1 Å². The molecule has 4 aromatic rings. The molecule has 8 aliphatic rings. The van der Waals surface area contributed by atoms with Crippen LogP contribution in [0.2, 0.25) is 0 Å². The first-order chi connectivity index (χ1) is 44.4. The number of anilines is 6. The number of benzene rings is 2. The van der Waals surface area contributed by atoms with Crippen LogP contribution in [-0.4, -0.2) is 194 Å². The molecule has 2 saturated carbocycles. The van der Waals surface area contributed by atoms with Crippen LogP contribution in [0.3, 0.4) is 0 Å². The zero-order chi connectivity index (χ0) is 68.6. The Balaban J connectivity index is 0.000000220. The molecule has 2 aromatic carbocycles. The van der Waals surface area contributed by atoms with Crippen molar-refractivity contribution in [1.29, 1.82) is 0 Å². The smallest absolute Gasteiger partial charge is 0.793 e. The van der Waals surface area contributed by atoms with Gasteiger partial charge < -0.3 is 57.9 Å². The summed E-state index contributed by atoms with van der Waals surface area (Å²) in [4.78, 5) is 99.9. The molecule has 12 rings (SSSR count). The van der Waals surface area contributed by atoms with Crippen molar-refractivity contribution < 1.29 is 107 Å². The van der Waals surface area contributed by atoms with Crippen LogP contribution >= 0.6 is 0 Å². The molecular weight excluding hydrogens is 1290 g/mol. The number of piperidine rings is 4. The maximum Gasteiger partial charge on any atom is 1.00 e. The summed E-state index contributed by atoms with van der Waals surface area (Å²) in [6, 6.07) is 12.8. The van der Waals surface area contributed by atoms with Crippen molar-refractivity contribution in [2.75, 3.05) is 116 Å². The van der Waals surface area contributed by atoms with Crippen LogP contribution in [0.4, 0.5) is 52.5 Å². The number of halogens is 4. The van der Waals surface area contributed by atoms with E-state index < -0.39 is 71.7 Å². The number of nitrogens with zero attached hydrogens (tertiary/aromatic N) is 9. The van der Waals surface area contributed by atoms with E-state index in [1.165, 1.54) is 44.7 Å². The standard InChI is InChI=1S/C28H36F2N6O3S.C27H34F2N6O3S.C4H6O4.C2H3BO2.CH2O.Na/c1-19-15-24(33-26(31-19)36-13-9-28(29,30)10-14-36)32-25(37)22-4-3-20(40(38,39)21-17-34(2)18-21)16-23(22)35-11-7-27(5-6-27)8-12-35;1-18-14-23(33-25(31-18)35-12-8-27(28,29)9-13-35)32-24(36)21-3-2-19(39(37,38)20-16-30-17-20)15-22(21)34-10-6-26(4-5-26)7-11-34;1-3(5)7-8-4(2)6;1-2(4)5-3;1-2;/h3-4,15-16,21H,5-14,17-18H2,1-2H3,(H,31,32,33,37);2-3,14-15,20,30H,4-13,16-17H2,1H3,(H,31,32,33,36);1-2H3;1H3;1H2;/q;;;-1;;+1. The summed E-state index contributed by atoms with van der Waals surface area (Å²) >= 11 is 0. The Morgan fingerprint density at radius 3 is 1.17 bits per heavy atom. The van der Waals surface area contributed by atoms with E-state index in [-0.39, 0.29) is 103 Å². The molecule has 6 aliphatic heterocycles. The first-order valence-corrected chi connectivity index (χ1v) is 34.2. The largest absolute Gasteiger partial charge is 1.00 e. The van der Waals surface area contributed by atoms with E-state index in [9.17, 15) is 58.4 Å². The van der Waals surface area contributed by atoms with Gasteiger partial charge in [0.2, 0.25) is 17.9 Å². The van der Waals surface area contributed by atoms with Crippen molar-refractivity contribution in [3.63, 3.8) is 0 Å². The summed E-state index contributed by atoms with van der Waals surface area (Å²) in [5, 5.41) is 7.83. The molecule has 2 aromatic heterocycles. The average Bonchev–Trinajstić information content (AvgIpc) is 1.34. The summed E-state index contributed by atoms with van der Waals surface area (Å²) in [5.41, 5.74) is 4.05. The number of carbonyl (C=O) groups is 6. The molecule has 8 heterocycles. The van der Waals surface area contributed by atoms with E-state index in [1.807, 2.05) is 18.7 Å². The third kappa shape index (κ3) is 20.0. The summed E-state index contributed by atoms with van der Waals surface area (Å²) in [7, 11) is -0.810. The molecule has 0 unspecified atom stereocenters. The van der Waals surface area contributed by atoms with Gasteiger partial charge >= 0.3 is 41.5 Å². The minimum Gasteiger partial charge on any atom is -0.793 e. The van der Waals surface area contributed by atoms with Gasteiger partial charge in [0.05, 0.1) is 42.8 Å². The van der Waals surface area contributed by atoms with Crippen LogP contribution in [0.15, 0.2) is 58.3 Å². The quantitative estimate of drug-likeness (QED) is 0.0790. The molecule has 33 heteroatoms. The molecule has 0 bridgehead atoms. The van der Waals surface area contributed by atoms with Gasteiger partial charge in [-0.3, -0.25) is 14.4 Å². The van der Waals surface area contributed by atoms with E-state index in [4.69, 9.17) is 4.79 Å². The minimum absolute atomic E-state index is 0. The Morgan fingerprint density at radius 1 is 0.537 bits per heavy atom. The fraction of sp³-hybridized carbons (Fsp3) is 0.581. The number of hydrogen-bond donors (Lipinski definition) is 3. The fourth-order valence-electron chi connectivity index (χ4n) is 11.9. The predicted octanol–water partition coefficient (Wildman–Crippen LogP) is 3.62. The van der Waals surface area contributed by atoms with Crippen LogP contribution in [0.25, 0.3) is 0 Å². The van der Waals surface area contributed by atoms with Crippen LogP contribution in [0, 0.1) is 24.7 Å². The van der Waals surface area contributed by atoms with Crippen LogP contribution in [0.1, 0.15) is 130 Å². The van der Waals surface area contributed by atoms with Crippen molar-refractivity contribution in [2.24, 2.45) is 10.8 Å². The maximum atomic E-state index is 13.7. The van der Waals surface area contributed by atoms with Gasteiger partial charge in [0.15, 0.2) is 19.7 Å². The number of aryl methyl sites for hydroxylation is 2. The summed E-state index contributed by atoms with van der Waals surface area (Å²) in [6.07, 6.45) is 8.01. The number of aromatic nitrogens is 4. The number of rotatable bonds is 12. The van der Waals surface area contributed by atoms with E-state index in [1.54, 1.807) is 60.0 Å². The molecule has 3 radical (unpaired) electrons. The molecule has 25 nitrogen and oxygen atoms in total. The van der Waals surface area contributed by atoms with Crippen molar-refractivity contribution in [3.05, 3.63) is 71.0 Å². The van der Waals surface area contributed by atoms with Gasteiger partial charge in [-0.1, -0.05) is 0 Å². The fourth-order valence-corrected chi connectivity index (χ4v) is 15.3. The number of nitrogens with one attached hydrogen (secondary N) is 3. The monoisotopic (exact) mass is 1380 g/mol. The Labute approximate surface area is 574 Å². The number of likely N-dealkylation sites (tertiary alicyclic amines) is 1. The number of amides is 2. The van der Waals surface area contributed by atoms with Gasteiger partial charge in [-0.15, -0.1) is 0 Å². The SMILES string of the molecule is C=O.CC(=O)OOC(C)=O.Cc1cc(NC(=O)c2ccc(S(=O)(=O)C3CN(C)C3)cc2N2CCC3(CC2)CC3)nc(N2CCC(F)(F)CC2)n1.Cc1cc(NC(=O)c2ccc(S(=O)(=O)C3CNC3)cc2N2CCC3(CC2)CC3)nc(N2CCC(F)(F)CC2)n1.[B-]OC(C)=O.[Na+]. The van der Waals surface area contributed by atoms with Crippen LogP contribution in [0.5, 0.6) is 0 Å². The zero-order valence-electron chi connectivity index (χ0n) is 54.7. The summed E-state index contributed by atoms with van der Waals surface area (Å²) in [5.74, 6) is -6.75. The number of alkyl halides is 4. The Morgan fingerprint density at radius 2 is 0.874 bits per heavy atom. The number of carbonyl (C=O) groups excluding carboxylic acids is 6. The zero-order valence-corrected chi connectivity index (χ0v) is 58.3. The molecule has 6 saturated heterocycles. The molecule has 2 aliphatic carbocycles. The molecule has 2 spiro atoms. The van der Waals surface area contributed by atoms with Gasteiger partial charge in [0, 0.05) is 149 Å². The molecule has 8 fully saturated rings. The third-order valence-corrected chi connectivity index (χ3v) is 22.4. The molecule has 2 amide bonds. The summed E-state index contributed by atoms with van der Waals surface area (Å²) < 4.78 is 111. The topological polar surface area (TPSA) is 302 Å². The molecular formula is C62H81BF4N12NaO13S2. The van der Waals surface area contributed by atoms with Gasteiger partial charge in [-0.25, -0.2) is 63.7 Å². The normalized spacial score (nSPS) is 19.8. The van der Waals surface area contributed by atoms with E-state index in [0.717, 1.165) is 65.7 Å². The van der Waals surface area contributed by atoms with Gasteiger partial charge in [0.1, 0.15) is 18.4 Å². The number of hydrogen-bond acceptors (Lipinski definition) is 23. The van der Waals surface area contributed by atoms with E-state index in [0.29, 0.717) is 82.8 Å². The Hall–Kier alpha value is -6.58. The number of sulfone groups is 2. The average molecular weight is 1380 g/mol. The van der Waals surface area contributed by atoms with Crippen LogP contribution in [-0.2, 0) is 53.3 Å².